The Morgan fingerprint density at radius 2 is 1.10 bits per heavy atom. The Morgan fingerprint density at radius 1 is 0.540 bits per heavy atom. The summed E-state index contributed by atoms with van der Waals surface area (Å²) in [5, 5.41) is 5.99. The van der Waals surface area contributed by atoms with Crippen molar-refractivity contribution in [3.05, 3.63) is 133 Å². The number of hydrogen-bond donors (Lipinski definition) is 0. The van der Waals surface area contributed by atoms with Crippen LogP contribution in [-0.4, -0.2) is 19.1 Å². The van der Waals surface area contributed by atoms with E-state index in [1.807, 2.05) is 6.20 Å². The Morgan fingerprint density at radius 3 is 1.68 bits per heavy atom. The number of para-hydroxylation sites is 1. The van der Waals surface area contributed by atoms with E-state index in [0.29, 0.717) is 0 Å². The molecule has 6 aliphatic rings. The molecule has 50 heavy (non-hydrogen) atoms. The maximum absolute atomic E-state index is 5.80. The molecule has 0 radical (unpaired) electrons. The summed E-state index contributed by atoms with van der Waals surface area (Å²) in [7, 11) is 0. The highest BCUT2D eigenvalue weighted by Gasteiger charge is 2.71. The third kappa shape index (κ3) is 3.13. The number of aromatic nitrogens is 4. The van der Waals surface area contributed by atoms with Crippen LogP contribution in [0.5, 0.6) is 0 Å². The lowest BCUT2D eigenvalue weighted by Gasteiger charge is -2.73. The van der Waals surface area contributed by atoms with Crippen molar-refractivity contribution in [2.75, 3.05) is 0 Å². The van der Waals surface area contributed by atoms with Crippen molar-refractivity contribution in [2.24, 2.45) is 0 Å². The van der Waals surface area contributed by atoms with E-state index < -0.39 is 0 Å². The molecule has 4 aromatic carbocycles. The maximum Gasteiger partial charge on any atom is 0.159 e. The summed E-state index contributed by atoms with van der Waals surface area (Å²) in [6.07, 6.45) is 17.1. The van der Waals surface area contributed by atoms with E-state index in [9.17, 15) is 0 Å². The predicted molar refractivity (Wildman–Crippen MR) is 195 cm³/mol. The fraction of sp³-hybridized carbons (Fsp3) is 0.227. The van der Waals surface area contributed by atoms with Crippen molar-refractivity contribution in [3.8, 4) is 11.4 Å². The first kappa shape index (κ1) is 26.3. The number of furan rings is 2. The highest BCUT2D eigenvalue weighted by Crippen LogP contribution is 2.75. The molecule has 4 bridgehead atoms. The summed E-state index contributed by atoms with van der Waals surface area (Å²) in [6, 6.07) is 33.4. The van der Waals surface area contributed by atoms with Crippen molar-refractivity contribution >= 4 is 54.6 Å². The maximum atomic E-state index is 5.80. The van der Waals surface area contributed by atoms with Gasteiger partial charge in [-0.2, -0.15) is 0 Å². The highest BCUT2D eigenvalue weighted by molar-refractivity contribution is 5.96. The van der Waals surface area contributed by atoms with Crippen LogP contribution in [0.15, 0.2) is 131 Å². The average molecular weight is 649 g/mol. The van der Waals surface area contributed by atoms with Crippen molar-refractivity contribution in [2.45, 2.75) is 60.4 Å². The summed E-state index contributed by atoms with van der Waals surface area (Å²) < 4.78 is 16.7. The zero-order valence-electron chi connectivity index (χ0n) is 27.4. The molecular weight excluding hydrogens is 617 g/mol. The summed E-state index contributed by atoms with van der Waals surface area (Å²) in [5.41, 5.74) is 10.3. The Bertz CT molecular complexity index is 2740. The first-order valence-electron chi connectivity index (χ1n) is 17.9. The number of nitrogens with zero attached hydrogens (tertiary/aromatic N) is 4. The molecule has 0 atom stereocenters. The van der Waals surface area contributed by atoms with Crippen LogP contribution in [0.2, 0.25) is 0 Å². The third-order valence-electron chi connectivity index (χ3n) is 13.5. The lowest BCUT2D eigenvalue weighted by atomic mass is 9.35. The fourth-order valence-electron chi connectivity index (χ4n) is 11.1. The molecule has 0 aliphatic heterocycles. The zero-order chi connectivity index (χ0) is 32.5. The molecule has 15 rings (SSSR count). The third-order valence-corrected chi connectivity index (χ3v) is 13.5. The standard InChI is InChI=1S/C44H32N4O2/c1-2-4-35-31(3-1)20-45-40(46-35)32-15-33(41-21-43(22-41,23-41)47-9-5-27-13-29-7-11-49-38(29)18-36(27)47)17-34(16-32)42-24-44(25-42,26-42)48-10-6-28-14-30-8-12-50-39(30)19-37(28)48/h1-20H,21-26H2. The number of benzene rings is 4. The van der Waals surface area contributed by atoms with Crippen LogP contribution in [0.25, 0.3) is 66.0 Å². The molecule has 240 valence electrons. The van der Waals surface area contributed by atoms with Gasteiger partial charge in [-0.25, -0.2) is 9.97 Å². The lowest BCUT2D eigenvalue weighted by molar-refractivity contribution is -0.125. The molecule has 0 spiro atoms. The largest absolute Gasteiger partial charge is 0.464 e. The molecule has 0 unspecified atom stereocenters. The summed E-state index contributed by atoms with van der Waals surface area (Å²) in [5.74, 6) is 0.826. The summed E-state index contributed by atoms with van der Waals surface area (Å²) in [6.45, 7) is 0. The Kier molecular flexibility index (Phi) is 4.41. The van der Waals surface area contributed by atoms with E-state index in [2.05, 4.69) is 113 Å². The first-order chi connectivity index (χ1) is 24.5. The smallest absolute Gasteiger partial charge is 0.159 e. The van der Waals surface area contributed by atoms with Crippen LogP contribution in [0.3, 0.4) is 0 Å². The molecule has 6 fully saturated rings. The number of rotatable bonds is 5. The van der Waals surface area contributed by atoms with Gasteiger partial charge in [0.05, 0.1) is 29.1 Å². The van der Waals surface area contributed by atoms with Crippen molar-refractivity contribution in [1.82, 2.24) is 19.1 Å². The molecule has 0 amide bonds. The summed E-state index contributed by atoms with van der Waals surface area (Å²) in [4.78, 5) is 10.0. The molecule has 6 heteroatoms. The first-order valence-corrected chi connectivity index (χ1v) is 17.9. The second-order valence-electron chi connectivity index (χ2n) is 16.2. The topological polar surface area (TPSA) is 61.9 Å². The van der Waals surface area contributed by atoms with Gasteiger partial charge in [0.25, 0.3) is 0 Å². The van der Waals surface area contributed by atoms with Crippen LogP contribution >= 0.6 is 0 Å². The lowest BCUT2D eigenvalue weighted by Crippen LogP contribution is -2.71. The van der Waals surface area contributed by atoms with E-state index >= 15 is 0 Å². The van der Waals surface area contributed by atoms with Gasteiger partial charge in [0, 0.05) is 85.1 Å². The minimum atomic E-state index is 0.174. The van der Waals surface area contributed by atoms with Gasteiger partial charge >= 0.3 is 0 Å². The second kappa shape index (κ2) is 8.39. The zero-order valence-corrected chi connectivity index (χ0v) is 27.4. The molecule has 5 heterocycles. The SMILES string of the molecule is c1ccc2nc(-c3cc(C45CC(n6ccc7cc8ccoc8cc76)(C4)C5)cc(C45CC(n6ccc7cc8ccoc8cc76)(C4)C5)c3)ncc2c1. The minimum Gasteiger partial charge on any atom is -0.464 e. The van der Waals surface area contributed by atoms with Crippen molar-refractivity contribution in [3.63, 3.8) is 0 Å². The fourth-order valence-corrected chi connectivity index (χ4v) is 11.1. The Balaban J connectivity index is 0.881. The monoisotopic (exact) mass is 648 g/mol. The van der Waals surface area contributed by atoms with Crippen LogP contribution in [0.1, 0.15) is 49.7 Å². The second-order valence-corrected chi connectivity index (χ2v) is 16.2. The van der Waals surface area contributed by atoms with E-state index in [1.165, 1.54) is 43.7 Å². The van der Waals surface area contributed by atoms with Gasteiger partial charge in [0.1, 0.15) is 11.2 Å². The normalized spacial score (nSPS) is 27.8. The summed E-state index contributed by atoms with van der Waals surface area (Å²) >= 11 is 0. The average Bonchev–Trinajstić information content (AvgIpc) is 3.87. The van der Waals surface area contributed by atoms with Gasteiger partial charge in [0.15, 0.2) is 5.82 Å². The number of hydrogen-bond acceptors (Lipinski definition) is 4. The van der Waals surface area contributed by atoms with Crippen LogP contribution in [-0.2, 0) is 21.9 Å². The number of fused-ring (bicyclic) bond motifs is 5. The highest BCUT2D eigenvalue weighted by atomic mass is 16.3. The van der Waals surface area contributed by atoms with Gasteiger partial charge in [-0.05, 0) is 104 Å². The Labute approximate surface area is 287 Å². The molecule has 5 aromatic heterocycles. The van der Waals surface area contributed by atoms with Gasteiger partial charge in [-0.3, -0.25) is 0 Å². The predicted octanol–water partition coefficient (Wildman–Crippen LogP) is 10.4. The van der Waals surface area contributed by atoms with Gasteiger partial charge in [-0.1, -0.05) is 24.3 Å². The van der Waals surface area contributed by atoms with Gasteiger partial charge in [0.2, 0.25) is 0 Å². The van der Waals surface area contributed by atoms with Gasteiger partial charge in [-0.15, -0.1) is 0 Å². The van der Waals surface area contributed by atoms with E-state index in [0.717, 1.165) is 72.0 Å². The molecule has 0 N–H and O–H groups in total. The molecule has 6 saturated carbocycles. The molecule has 6 aliphatic carbocycles. The molecular formula is C44H32N4O2. The quantitative estimate of drug-likeness (QED) is 0.186. The van der Waals surface area contributed by atoms with E-state index in [-0.39, 0.29) is 21.9 Å². The van der Waals surface area contributed by atoms with Crippen molar-refractivity contribution in [1.29, 1.82) is 0 Å². The van der Waals surface area contributed by atoms with Crippen LogP contribution in [0, 0.1) is 0 Å². The molecule has 0 saturated heterocycles. The van der Waals surface area contributed by atoms with E-state index in [4.69, 9.17) is 18.8 Å². The van der Waals surface area contributed by atoms with Crippen molar-refractivity contribution < 1.29 is 8.83 Å². The Hall–Kier alpha value is -5.62. The molecule has 6 nitrogen and oxygen atoms in total. The van der Waals surface area contributed by atoms with Gasteiger partial charge < -0.3 is 18.0 Å². The van der Waals surface area contributed by atoms with Crippen LogP contribution in [0.4, 0.5) is 0 Å². The minimum absolute atomic E-state index is 0.174. The van der Waals surface area contributed by atoms with E-state index in [1.54, 1.807) is 12.5 Å². The van der Waals surface area contributed by atoms with Crippen LogP contribution < -0.4 is 0 Å². The molecule has 9 aromatic rings.